The Morgan fingerprint density at radius 1 is 0.444 bits per heavy atom. The van der Waals surface area contributed by atoms with Crippen LogP contribution in [-0.4, -0.2) is 34.9 Å². The van der Waals surface area contributed by atoms with Crippen LogP contribution in [0.15, 0.2) is 0 Å². The Morgan fingerprint density at radius 3 is 1.00 bits per heavy atom. The Labute approximate surface area is 283 Å². The number of unbranched alkanes of at least 4 members (excludes halogenated alkanes) is 31. The number of aliphatic hydroxyl groups is 2. The van der Waals surface area contributed by atoms with Gasteiger partial charge in [0.25, 0.3) is 0 Å². The molecule has 2 unspecified atom stereocenters. The van der Waals surface area contributed by atoms with Crippen LogP contribution in [0.2, 0.25) is 0 Å². The normalized spacial score (nSPS) is 12.9. The molecule has 0 aromatic heterocycles. The molecule has 3 N–H and O–H groups in total. The van der Waals surface area contributed by atoms with Crippen molar-refractivity contribution in [3.05, 3.63) is 0 Å². The Kier molecular flexibility index (Phi) is 37.3. The van der Waals surface area contributed by atoms with Gasteiger partial charge in [0.1, 0.15) is 0 Å². The van der Waals surface area contributed by atoms with Gasteiger partial charge in [0.05, 0.1) is 18.8 Å². The molecule has 4 nitrogen and oxygen atoms in total. The van der Waals surface area contributed by atoms with Crippen LogP contribution in [0.4, 0.5) is 0 Å². The van der Waals surface area contributed by atoms with Crippen LogP contribution >= 0.6 is 0 Å². The van der Waals surface area contributed by atoms with E-state index in [1.54, 1.807) is 0 Å². The molecule has 0 rings (SSSR count). The van der Waals surface area contributed by atoms with Gasteiger partial charge in [-0.2, -0.15) is 0 Å². The first-order valence-electron chi connectivity index (χ1n) is 20.7. The maximum atomic E-state index is 12.3. The van der Waals surface area contributed by atoms with Crippen molar-refractivity contribution in [2.45, 2.75) is 251 Å². The van der Waals surface area contributed by atoms with Crippen LogP contribution in [0.5, 0.6) is 0 Å². The van der Waals surface area contributed by atoms with E-state index < -0.39 is 12.1 Å². The van der Waals surface area contributed by atoms with E-state index in [1.807, 2.05) is 0 Å². The second-order valence-corrected chi connectivity index (χ2v) is 14.4. The second-order valence-electron chi connectivity index (χ2n) is 14.4. The third-order valence-electron chi connectivity index (χ3n) is 9.87. The number of nitrogens with one attached hydrogen (secondary N) is 1. The zero-order valence-electron chi connectivity index (χ0n) is 30.9. The van der Waals surface area contributed by atoms with Gasteiger partial charge < -0.3 is 15.5 Å². The molecule has 0 heterocycles. The van der Waals surface area contributed by atoms with E-state index in [0.717, 1.165) is 25.7 Å². The third-order valence-corrected chi connectivity index (χ3v) is 9.87. The van der Waals surface area contributed by atoms with Crippen molar-refractivity contribution >= 4 is 5.91 Å². The molecule has 45 heavy (non-hydrogen) atoms. The lowest BCUT2D eigenvalue weighted by Gasteiger charge is -2.22. The van der Waals surface area contributed by atoms with Crippen LogP contribution in [0.3, 0.4) is 0 Å². The average molecular weight is 638 g/mol. The van der Waals surface area contributed by atoms with Gasteiger partial charge in [-0.25, -0.2) is 0 Å². The first-order chi connectivity index (χ1) is 22.2. The standard InChI is InChI=1S/C41H83NO3/c1-3-5-7-9-11-12-13-14-15-16-17-18-19-20-21-22-23-24-25-26-27-28-29-31-33-35-37-41(45)42-39(38-43)40(44)36-34-32-30-10-8-6-4-2/h39-40,43-44H,3-38H2,1-2H3,(H,42,45). The molecule has 0 fully saturated rings. The van der Waals surface area contributed by atoms with E-state index >= 15 is 0 Å². The van der Waals surface area contributed by atoms with E-state index in [0.29, 0.717) is 12.8 Å². The highest BCUT2D eigenvalue weighted by Gasteiger charge is 2.19. The first-order valence-corrected chi connectivity index (χ1v) is 20.7. The molecule has 0 aliphatic heterocycles. The van der Waals surface area contributed by atoms with Crippen LogP contribution < -0.4 is 5.32 Å². The zero-order valence-corrected chi connectivity index (χ0v) is 30.9. The summed E-state index contributed by atoms with van der Waals surface area (Å²) in [6, 6.07) is -0.526. The SMILES string of the molecule is CCCCCCCCCCCCCCCCCCCCCCCCCCCCC(=O)NC(CO)C(O)CCCCCCCCC. The number of hydrogen-bond acceptors (Lipinski definition) is 3. The van der Waals surface area contributed by atoms with Crippen molar-refractivity contribution < 1.29 is 15.0 Å². The molecule has 0 saturated carbocycles. The summed E-state index contributed by atoms with van der Waals surface area (Å²) in [5.41, 5.74) is 0. The Hall–Kier alpha value is -0.610. The molecule has 0 spiro atoms. The monoisotopic (exact) mass is 638 g/mol. The summed E-state index contributed by atoms with van der Waals surface area (Å²) in [6.45, 7) is 4.33. The fourth-order valence-electron chi connectivity index (χ4n) is 6.66. The predicted octanol–water partition coefficient (Wildman–Crippen LogP) is 12.5. The van der Waals surface area contributed by atoms with Gasteiger partial charge in [-0.15, -0.1) is 0 Å². The van der Waals surface area contributed by atoms with Crippen molar-refractivity contribution in [1.29, 1.82) is 0 Å². The van der Waals surface area contributed by atoms with Crippen LogP contribution in [0, 0.1) is 0 Å². The molecule has 0 bridgehead atoms. The number of amides is 1. The number of carbonyl (C=O) groups excluding carboxylic acids is 1. The summed E-state index contributed by atoms with van der Waals surface area (Å²) < 4.78 is 0. The van der Waals surface area contributed by atoms with Crippen molar-refractivity contribution in [3.63, 3.8) is 0 Å². The van der Waals surface area contributed by atoms with Gasteiger partial charge in [-0.1, -0.05) is 219 Å². The van der Waals surface area contributed by atoms with E-state index in [1.165, 1.54) is 186 Å². The van der Waals surface area contributed by atoms with Gasteiger partial charge >= 0.3 is 0 Å². The van der Waals surface area contributed by atoms with E-state index in [-0.39, 0.29) is 12.5 Å². The highest BCUT2D eigenvalue weighted by molar-refractivity contribution is 5.76. The summed E-state index contributed by atoms with van der Waals surface area (Å²) in [4.78, 5) is 12.3. The predicted molar refractivity (Wildman–Crippen MR) is 198 cm³/mol. The summed E-state index contributed by atoms with van der Waals surface area (Å²) in [7, 11) is 0. The van der Waals surface area contributed by atoms with Crippen LogP contribution in [-0.2, 0) is 4.79 Å². The molecule has 0 aliphatic rings. The average Bonchev–Trinajstić information content (AvgIpc) is 3.04. The van der Waals surface area contributed by atoms with Gasteiger partial charge in [-0.05, 0) is 12.8 Å². The van der Waals surface area contributed by atoms with Crippen LogP contribution in [0.25, 0.3) is 0 Å². The molecule has 0 aromatic rings. The molecule has 0 aromatic carbocycles. The number of hydrogen-bond donors (Lipinski definition) is 3. The summed E-state index contributed by atoms with van der Waals surface area (Å²) in [6.07, 6.45) is 44.9. The smallest absolute Gasteiger partial charge is 0.220 e. The molecule has 1 amide bonds. The quantitative estimate of drug-likeness (QED) is 0.0590. The molecule has 4 heteroatoms. The Balaban J connectivity index is 3.35. The van der Waals surface area contributed by atoms with E-state index in [4.69, 9.17) is 0 Å². The molecule has 0 aliphatic carbocycles. The minimum Gasteiger partial charge on any atom is -0.394 e. The van der Waals surface area contributed by atoms with Crippen molar-refractivity contribution in [1.82, 2.24) is 5.32 Å². The van der Waals surface area contributed by atoms with Crippen molar-refractivity contribution in [2.24, 2.45) is 0 Å². The summed E-state index contributed by atoms with van der Waals surface area (Å²) in [5.74, 6) is -0.0305. The fourth-order valence-corrected chi connectivity index (χ4v) is 6.66. The maximum Gasteiger partial charge on any atom is 0.220 e. The van der Waals surface area contributed by atoms with Gasteiger partial charge in [0.2, 0.25) is 5.91 Å². The molecular weight excluding hydrogens is 554 g/mol. The molecule has 2 atom stereocenters. The lowest BCUT2D eigenvalue weighted by atomic mass is 10.0. The largest absolute Gasteiger partial charge is 0.394 e. The van der Waals surface area contributed by atoms with Gasteiger partial charge in [0, 0.05) is 6.42 Å². The van der Waals surface area contributed by atoms with Gasteiger partial charge in [-0.3, -0.25) is 4.79 Å². The molecular formula is C41H83NO3. The Bertz CT molecular complexity index is 569. The first kappa shape index (κ1) is 44.4. The van der Waals surface area contributed by atoms with Crippen molar-refractivity contribution in [3.8, 4) is 0 Å². The summed E-state index contributed by atoms with van der Waals surface area (Å²) >= 11 is 0. The summed E-state index contributed by atoms with van der Waals surface area (Å²) in [5, 5.41) is 22.9. The number of rotatable bonds is 38. The number of carbonyl (C=O) groups is 1. The van der Waals surface area contributed by atoms with E-state index in [9.17, 15) is 15.0 Å². The third kappa shape index (κ3) is 34.5. The Morgan fingerprint density at radius 2 is 0.711 bits per heavy atom. The highest BCUT2D eigenvalue weighted by Crippen LogP contribution is 2.16. The van der Waals surface area contributed by atoms with E-state index in [2.05, 4.69) is 19.2 Å². The second kappa shape index (κ2) is 37.8. The lowest BCUT2D eigenvalue weighted by Crippen LogP contribution is -2.45. The molecule has 0 radical (unpaired) electrons. The minimum absolute atomic E-state index is 0.0305. The minimum atomic E-state index is -0.650. The lowest BCUT2D eigenvalue weighted by molar-refractivity contribution is -0.123. The van der Waals surface area contributed by atoms with Gasteiger partial charge in [0.15, 0.2) is 0 Å². The highest BCUT2D eigenvalue weighted by atomic mass is 16.3. The number of aliphatic hydroxyl groups excluding tert-OH is 2. The topological polar surface area (TPSA) is 69.6 Å². The van der Waals surface area contributed by atoms with Crippen LogP contribution in [0.1, 0.15) is 239 Å². The zero-order chi connectivity index (χ0) is 32.9. The molecule has 0 saturated heterocycles. The van der Waals surface area contributed by atoms with Crippen molar-refractivity contribution in [2.75, 3.05) is 6.61 Å². The maximum absolute atomic E-state index is 12.3. The fraction of sp³-hybridized carbons (Fsp3) is 0.976. The molecule has 270 valence electrons.